The van der Waals surface area contributed by atoms with Crippen LogP contribution in [0.25, 0.3) is 117 Å². The Morgan fingerprint density at radius 2 is 0.877 bits per heavy atom. The van der Waals surface area contributed by atoms with Gasteiger partial charge in [-0.2, -0.15) is 0 Å². The van der Waals surface area contributed by atoms with Gasteiger partial charge in [-0.1, -0.05) is 170 Å². The second-order valence-electron chi connectivity index (χ2n) is 14.9. The molecule has 57 heavy (non-hydrogen) atoms. The van der Waals surface area contributed by atoms with E-state index in [0.29, 0.717) is 0 Å². The van der Waals surface area contributed by atoms with E-state index in [9.17, 15) is 0 Å². The summed E-state index contributed by atoms with van der Waals surface area (Å²) in [6.07, 6.45) is 0. The van der Waals surface area contributed by atoms with Crippen molar-refractivity contribution in [1.29, 1.82) is 0 Å². The normalized spacial score (nSPS) is 11.9. The average Bonchev–Trinajstić information content (AvgIpc) is 3.84. The fourth-order valence-corrected chi connectivity index (χ4v) is 9.16. The van der Waals surface area contributed by atoms with E-state index < -0.39 is 0 Å². The molecule has 2 aromatic heterocycles. The molecule has 0 atom stereocenters. The minimum atomic E-state index is 0.886. The van der Waals surface area contributed by atoms with E-state index in [0.717, 1.165) is 50.1 Å². The van der Waals surface area contributed by atoms with Gasteiger partial charge in [0.15, 0.2) is 0 Å². The van der Waals surface area contributed by atoms with Crippen LogP contribution in [0.5, 0.6) is 0 Å². The van der Waals surface area contributed by atoms with Crippen molar-refractivity contribution in [2.24, 2.45) is 0 Å². The summed E-state index contributed by atoms with van der Waals surface area (Å²) in [4.78, 5) is 10.2. The Morgan fingerprint density at radius 3 is 1.60 bits per heavy atom. The van der Waals surface area contributed by atoms with Crippen LogP contribution in [0.4, 0.5) is 0 Å². The van der Waals surface area contributed by atoms with Gasteiger partial charge >= 0.3 is 0 Å². The molecule has 0 saturated carbocycles. The maximum Gasteiger partial charge on any atom is 0.149 e. The van der Waals surface area contributed by atoms with E-state index in [1.54, 1.807) is 0 Å². The molecule has 0 radical (unpaired) electrons. The van der Waals surface area contributed by atoms with Gasteiger partial charge in [0.1, 0.15) is 11.5 Å². The van der Waals surface area contributed by atoms with Crippen LogP contribution in [-0.2, 0) is 0 Å². The first-order valence-corrected chi connectivity index (χ1v) is 19.5. The first-order valence-electron chi connectivity index (χ1n) is 19.5. The van der Waals surface area contributed by atoms with Crippen molar-refractivity contribution in [1.82, 2.24) is 14.4 Å². The Morgan fingerprint density at radius 1 is 0.333 bits per heavy atom. The van der Waals surface area contributed by atoms with Crippen molar-refractivity contribution in [2.45, 2.75) is 0 Å². The van der Waals surface area contributed by atoms with E-state index in [1.807, 2.05) is 12.1 Å². The minimum absolute atomic E-state index is 0.886. The third-order valence-electron chi connectivity index (χ3n) is 11.7. The van der Waals surface area contributed by atoms with Crippen LogP contribution in [0.15, 0.2) is 200 Å². The monoisotopic (exact) mass is 723 g/mol. The third kappa shape index (κ3) is 4.86. The van der Waals surface area contributed by atoms with E-state index in [-0.39, 0.29) is 0 Å². The molecule has 12 rings (SSSR count). The molecule has 0 bridgehead atoms. The molecule has 0 spiro atoms. The second kappa shape index (κ2) is 12.5. The molecular formula is C54H33N3. The van der Waals surface area contributed by atoms with Crippen molar-refractivity contribution < 1.29 is 0 Å². The Hall–Kier alpha value is -7.62. The van der Waals surface area contributed by atoms with Gasteiger partial charge in [-0.15, -0.1) is 0 Å². The Balaban J connectivity index is 1.00. The van der Waals surface area contributed by atoms with Gasteiger partial charge in [0.05, 0.1) is 16.6 Å². The van der Waals surface area contributed by atoms with E-state index >= 15 is 0 Å². The number of nitrogens with zero attached hydrogens (tertiary/aromatic N) is 3. The minimum Gasteiger partial charge on any atom is -0.276 e. The molecule has 1 aliphatic carbocycles. The molecule has 0 unspecified atom stereocenters. The molecule has 2 heterocycles. The lowest BCUT2D eigenvalue weighted by molar-refractivity contribution is 1.16. The van der Waals surface area contributed by atoms with E-state index in [1.165, 1.54) is 66.4 Å². The van der Waals surface area contributed by atoms with Gasteiger partial charge in [0.25, 0.3) is 0 Å². The number of fused-ring (bicyclic) bond motifs is 8. The zero-order valence-electron chi connectivity index (χ0n) is 30.9. The molecule has 1 aliphatic rings. The summed E-state index contributed by atoms with van der Waals surface area (Å²) in [6.45, 7) is 0. The summed E-state index contributed by atoms with van der Waals surface area (Å²) in [7, 11) is 0. The van der Waals surface area contributed by atoms with Gasteiger partial charge in [-0.05, 0) is 108 Å². The molecule has 0 N–H and O–H groups in total. The van der Waals surface area contributed by atoms with Crippen LogP contribution in [0.1, 0.15) is 0 Å². The van der Waals surface area contributed by atoms with Gasteiger partial charge < -0.3 is 0 Å². The molecule has 11 aromatic rings. The van der Waals surface area contributed by atoms with Gasteiger partial charge in [-0.3, -0.25) is 4.40 Å². The second-order valence-corrected chi connectivity index (χ2v) is 14.9. The molecule has 0 amide bonds. The van der Waals surface area contributed by atoms with Gasteiger partial charge in [0.2, 0.25) is 0 Å². The quantitative estimate of drug-likeness (QED) is 0.177. The molecule has 3 nitrogen and oxygen atoms in total. The highest BCUT2D eigenvalue weighted by atomic mass is 15.1. The maximum atomic E-state index is 5.18. The van der Waals surface area contributed by atoms with Crippen molar-refractivity contribution in [3.63, 3.8) is 0 Å². The first kappa shape index (κ1) is 31.7. The molecule has 3 heteroatoms. The molecule has 0 fully saturated rings. The highest BCUT2D eigenvalue weighted by Crippen LogP contribution is 2.57. The predicted molar refractivity (Wildman–Crippen MR) is 237 cm³/mol. The Bertz CT molecular complexity index is 3360. The number of rotatable bonds is 5. The fourth-order valence-electron chi connectivity index (χ4n) is 9.16. The highest BCUT2D eigenvalue weighted by molar-refractivity contribution is 6.22. The van der Waals surface area contributed by atoms with Crippen molar-refractivity contribution in [2.75, 3.05) is 0 Å². The summed E-state index contributed by atoms with van der Waals surface area (Å²) in [5, 5.41) is 3.65. The lowest BCUT2D eigenvalue weighted by atomic mass is 9.82. The number of hydrogen-bond acceptors (Lipinski definition) is 2. The smallest absolute Gasteiger partial charge is 0.149 e. The summed E-state index contributed by atoms with van der Waals surface area (Å²) in [5.74, 6) is 0.886. The van der Waals surface area contributed by atoms with Crippen molar-refractivity contribution in [3.05, 3.63) is 200 Å². The summed E-state index contributed by atoms with van der Waals surface area (Å²) >= 11 is 0. The zero-order valence-corrected chi connectivity index (χ0v) is 30.9. The van der Waals surface area contributed by atoms with E-state index in [2.05, 4.69) is 192 Å². The predicted octanol–water partition coefficient (Wildman–Crippen LogP) is 14.2. The molecule has 264 valence electrons. The Labute approximate surface area is 329 Å². The molecule has 9 aromatic carbocycles. The summed E-state index contributed by atoms with van der Waals surface area (Å²) in [5.41, 5.74) is 19.9. The molecule has 0 aliphatic heterocycles. The van der Waals surface area contributed by atoms with Crippen LogP contribution in [0.3, 0.4) is 0 Å². The summed E-state index contributed by atoms with van der Waals surface area (Å²) in [6, 6.07) is 72.2. The number of benzene rings is 9. The maximum absolute atomic E-state index is 5.18. The van der Waals surface area contributed by atoms with Gasteiger partial charge in [0, 0.05) is 10.9 Å². The molecular weight excluding hydrogens is 691 g/mol. The number of hydrogen-bond donors (Lipinski definition) is 0. The number of imidazole rings is 1. The largest absolute Gasteiger partial charge is 0.276 e. The topological polar surface area (TPSA) is 30.2 Å². The van der Waals surface area contributed by atoms with Crippen LogP contribution < -0.4 is 0 Å². The first-order chi connectivity index (χ1) is 28.3. The van der Waals surface area contributed by atoms with Crippen LogP contribution in [0.2, 0.25) is 0 Å². The van der Waals surface area contributed by atoms with Crippen molar-refractivity contribution in [3.8, 4) is 78.1 Å². The standard InChI is InChI=1S/C54H33N3/c1-3-13-36(14-4-1)45-33-44(50(39-15-5-2-6-16-39)52-43-21-12-18-38-17-11-20-42(49(38)43)51(45)52)37-29-25-34(26-30-37)35-27-31-40(32-28-35)53-55-46-22-8-7-19-41(46)54-56-47-23-9-10-24-48(47)57(53)54/h1-33H. The van der Waals surface area contributed by atoms with Gasteiger partial charge in [-0.25, -0.2) is 9.97 Å². The highest BCUT2D eigenvalue weighted by Gasteiger charge is 2.30. The van der Waals surface area contributed by atoms with Crippen LogP contribution in [0, 0.1) is 0 Å². The third-order valence-corrected chi connectivity index (χ3v) is 11.7. The number of aromatic nitrogens is 3. The fraction of sp³-hybridized carbons (Fsp3) is 0. The SMILES string of the molecule is c1ccc(-c2cc(-c3ccc(-c4ccc(-c5nc6ccccc6c6nc7ccccc7n56)cc4)cc3)c(-c3ccccc3)c3c2-c2cccc4cccc-3c24)cc1. The Kier molecular flexibility index (Phi) is 6.93. The average molecular weight is 724 g/mol. The van der Waals surface area contributed by atoms with Crippen LogP contribution >= 0.6 is 0 Å². The lowest BCUT2D eigenvalue weighted by Gasteiger charge is -2.21. The lowest BCUT2D eigenvalue weighted by Crippen LogP contribution is -1.98. The zero-order chi connectivity index (χ0) is 37.5. The molecule has 0 saturated heterocycles. The van der Waals surface area contributed by atoms with Crippen molar-refractivity contribution >= 4 is 38.4 Å². The number of para-hydroxylation sites is 3. The summed E-state index contributed by atoms with van der Waals surface area (Å²) < 4.78 is 2.20. The van der Waals surface area contributed by atoms with Crippen LogP contribution in [-0.4, -0.2) is 14.4 Å². The van der Waals surface area contributed by atoms with E-state index in [4.69, 9.17) is 9.97 Å².